The third-order valence-corrected chi connectivity index (χ3v) is 10.3. The molecule has 0 saturated carbocycles. The van der Waals surface area contributed by atoms with Crippen LogP contribution in [0.5, 0.6) is 17.2 Å². The van der Waals surface area contributed by atoms with Gasteiger partial charge in [-0.1, -0.05) is 66.7 Å². The van der Waals surface area contributed by atoms with Crippen LogP contribution >= 0.6 is 0 Å². The fraction of sp³-hybridized carbons (Fsp3) is 0.619. The molecule has 2 unspecified atom stereocenters. The number of ketones is 1. The Kier molecular flexibility index (Phi) is 15.7. The van der Waals surface area contributed by atoms with Crippen molar-refractivity contribution in [2.45, 2.75) is 112 Å². The molecule has 1 aliphatic heterocycles. The fourth-order valence-corrected chi connectivity index (χ4v) is 6.89. The minimum atomic E-state index is -0.863. The minimum absolute atomic E-state index is 0.0745. The number of benzene rings is 2. The van der Waals surface area contributed by atoms with Crippen LogP contribution in [-0.4, -0.2) is 80.1 Å². The monoisotopic (exact) mass is 738 g/mol. The van der Waals surface area contributed by atoms with E-state index in [1.54, 1.807) is 28.1 Å². The summed E-state index contributed by atoms with van der Waals surface area (Å²) >= 11 is 0. The molecule has 1 aliphatic rings. The predicted octanol–water partition coefficient (Wildman–Crippen LogP) is 6.63. The number of ether oxygens (including phenoxy) is 4. The zero-order valence-electron chi connectivity index (χ0n) is 33.3. The molecule has 2 amide bonds. The second kappa shape index (κ2) is 19.3. The van der Waals surface area contributed by atoms with Crippen LogP contribution in [0.15, 0.2) is 42.5 Å². The molecule has 2 aromatic carbocycles. The van der Waals surface area contributed by atoms with Gasteiger partial charge >= 0.3 is 5.97 Å². The SMILES string of the molecule is CCC(C)(C)C(=O)C(=O)N1CCCCC1C(=O)OC(CCc1ccc(OC)c(OC)c1)c1cccc(OCCNC(=O)C(C)(C)CC(C)(C)CCO)c1. The first-order valence-corrected chi connectivity index (χ1v) is 18.9. The standard InChI is InChI=1S/C42H62N2O9/c1-10-41(4,5)36(46)37(47)44-23-12-11-16-32(44)38(48)53-33(19-17-29-18-20-34(50-8)35(26-29)51-9)30-14-13-15-31(27-30)52-25-22-43-39(49)42(6,7)28-40(2,3)21-24-45/h13-15,18,20,26-27,32-33,45H,10-12,16-17,19,21-25,28H2,1-9H3,(H,43,49). The quantitative estimate of drug-likeness (QED) is 0.0871. The van der Waals surface area contributed by atoms with E-state index in [9.17, 15) is 24.3 Å². The van der Waals surface area contributed by atoms with E-state index < -0.39 is 40.6 Å². The van der Waals surface area contributed by atoms with E-state index in [0.717, 1.165) is 12.0 Å². The summed E-state index contributed by atoms with van der Waals surface area (Å²) in [5.41, 5.74) is 0.0319. The van der Waals surface area contributed by atoms with Crippen LogP contribution in [0.2, 0.25) is 0 Å². The highest BCUT2D eigenvalue weighted by molar-refractivity contribution is 6.38. The van der Waals surface area contributed by atoms with E-state index in [4.69, 9.17) is 18.9 Å². The number of aryl methyl sites for hydroxylation is 1. The van der Waals surface area contributed by atoms with Gasteiger partial charge in [-0.25, -0.2) is 4.79 Å². The lowest BCUT2D eigenvalue weighted by atomic mass is 9.73. The van der Waals surface area contributed by atoms with Crippen LogP contribution in [0.25, 0.3) is 0 Å². The van der Waals surface area contributed by atoms with Gasteiger partial charge in [-0.15, -0.1) is 0 Å². The van der Waals surface area contributed by atoms with Gasteiger partial charge in [0.05, 0.1) is 20.8 Å². The Morgan fingerprint density at radius 3 is 2.32 bits per heavy atom. The van der Waals surface area contributed by atoms with Gasteiger partial charge in [0.2, 0.25) is 11.7 Å². The first-order valence-electron chi connectivity index (χ1n) is 18.9. The first kappa shape index (κ1) is 43.3. The highest BCUT2D eigenvalue weighted by Gasteiger charge is 2.41. The summed E-state index contributed by atoms with van der Waals surface area (Å²) in [7, 11) is 3.15. The largest absolute Gasteiger partial charge is 0.493 e. The third kappa shape index (κ3) is 12.2. The molecule has 0 aliphatic carbocycles. The number of aliphatic hydroxyl groups is 1. The van der Waals surface area contributed by atoms with Crippen molar-refractivity contribution in [3.05, 3.63) is 53.6 Å². The number of esters is 1. The number of methoxy groups -OCH3 is 2. The molecule has 0 aromatic heterocycles. The first-order chi connectivity index (χ1) is 25.0. The predicted molar refractivity (Wildman–Crippen MR) is 204 cm³/mol. The summed E-state index contributed by atoms with van der Waals surface area (Å²) in [5.74, 6) is -0.0184. The van der Waals surface area contributed by atoms with Gasteiger partial charge in [0.1, 0.15) is 24.5 Å². The van der Waals surface area contributed by atoms with Gasteiger partial charge in [-0.05, 0) is 92.2 Å². The third-order valence-electron chi connectivity index (χ3n) is 10.3. The van der Waals surface area contributed by atoms with Crippen molar-refractivity contribution in [2.24, 2.45) is 16.2 Å². The van der Waals surface area contributed by atoms with Crippen molar-refractivity contribution >= 4 is 23.6 Å². The Labute approximate surface area is 316 Å². The Morgan fingerprint density at radius 1 is 0.943 bits per heavy atom. The molecule has 0 spiro atoms. The zero-order chi connectivity index (χ0) is 39.4. The molecule has 0 radical (unpaired) electrons. The van der Waals surface area contributed by atoms with Crippen molar-refractivity contribution in [2.75, 3.05) is 40.5 Å². The number of hydrogen-bond donors (Lipinski definition) is 2. The number of piperidine rings is 1. The second-order valence-corrected chi connectivity index (χ2v) is 16.1. The fourth-order valence-electron chi connectivity index (χ4n) is 6.89. The Bertz CT molecular complexity index is 1550. The molecular weight excluding hydrogens is 676 g/mol. The molecule has 1 saturated heterocycles. The van der Waals surface area contributed by atoms with Gasteiger partial charge in [-0.3, -0.25) is 14.4 Å². The van der Waals surface area contributed by atoms with Gasteiger partial charge in [0.15, 0.2) is 11.5 Å². The van der Waals surface area contributed by atoms with Crippen molar-refractivity contribution in [3.8, 4) is 17.2 Å². The summed E-state index contributed by atoms with van der Waals surface area (Å²) < 4.78 is 23.2. The molecule has 2 aromatic rings. The molecule has 3 rings (SSSR count). The summed E-state index contributed by atoms with van der Waals surface area (Å²) in [6, 6.07) is 12.1. The normalized spacial score (nSPS) is 15.7. The highest BCUT2D eigenvalue weighted by Crippen LogP contribution is 2.36. The summed E-state index contributed by atoms with van der Waals surface area (Å²) in [4.78, 5) is 55.0. The van der Waals surface area contributed by atoms with E-state index >= 15 is 0 Å². The Balaban J connectivity index is 1.79. The Hall–Kier alpha value is -4.12. The molecule has 11 nitrogen and oxygen atoms in total. The molecule has 53 heavy (non-hydrogen) atoms. The summed E-state index contributed by atoms with van der Waals surface area (Å²) in [5, 5.41) is 12.4. The number of aliphatic hydroxyl groups excluding tert-OH is 1. The highest BCUT2D eigenvalue weighted by atomic mass is 16.5. The number of carbonyl (C=O) groups is 4. The number of nitrogens with zero attached hydrogens (tertiary/aromatic N) is 1. The van der Waals surface area contributed by atoms with Crippen LogP contribution in [0, 0.1) is 16.2 Å². The van der Waals surface area contributed by atoms with Crippen molar-refractivity contribution in [3.63, 3.8) is 0 Å². The van der Waals surface area contributed by atoms with E-state index in [2.05, 4.69) is 5.32 Å². The number of nitrogens with one attached hydrogen (secondary N) is 1. The van der Waals surface area contributed by atoms with E-state index in [-0.39, 0.29) is 24.5 Å². The average Bonchev–Trinajstić information content (AvgIpc) is 3.13. The molecule has 2 atom stereocenters. The molecule has 1 fully saturated rings. The lowest BCUT2D eigenvalue weighted by molar-refractivity contribution is -0.164. The second-order valence-electron chi connectivity index (χ2n) is 16.1. The van der Waals surface area contributed by atoms with Crippen molar-refractivity contribution < 1.29 is 43.2 Å². The molecule has 11 heteroatoms. The Morgan fingerprint density at radius 2 is 1.66 bits per heavy atom. The molecule has 1 heterocycles. The lowest BCUT2D eigenvalue weighted by Gasteiger charge is -2.36. The number of likely N-dealkylation sites (tertiary alicyclic amines) is 1. The molecule has 294 valence electrons. The van der Waals surface area contributed by atoms with Gasteiger partial charge in [-0.2, -0.15) is 0 Å². The van der Waals surface area contributed by atoms with Crippen LogP contribution in [-0.2, 0) is 30.3 Å². The van der Waals surface area contributed by atoms with Crippen molar-refractivity contribution in [1.29, 1.82) is 0 Å². The van der Waals surface area contributed by atoms with E-state index in [1.807, 2.05) is 77.1 Å². The maximum atomic E-state index is 13.9. The zero-order valence-corrected chi connectivity index (χ0v) is 33.3. The number of rotatable bonds is 20. The maximum absolute atomic E-state index is 13.9. The van der Waals surface area contributed by atoms with E-state index in [0.29, 0.717) is 80.8 Å². The minimum Gasteiger partial charge on any atom is -0.493 e. The van der Waals surface area contributed by atoms with Gasteiger partial charge in [0, 0.05) is 24.0 Å². The summed E-state index contributed by atoms with van der Waals surface area (Å²) in [6.07, 6.45) is 3.87. The summed E-state index contributed by atoms with van der Waals surface area (Å²) in [6.45, 7) is 14.2. The molecular formula is C42H62N2O9. The number of carbonyl (C=O) groups excluding carboxylic acids is 4. The van der Waals surface area contributed by atoms with Gasteiger partial charge in [0.25, 0.3) is 5.91 Å². The number of amides is 2. The van der Waals surface area contributed by atoms with Gasteiger partial charge < -0.3 is 34.3 Å². The maximum Gasteiger partial charge on any atom is 0.329 e. The van der Waals surface area contributed by atoms with Crippen LogP contribution in [0.1, 0.15) is 111 Å². The lowest BCUT2D eigenvalue weighted by Crippen LogP contribution is -2.53. The number of Topliss-reactive ketones (excluding diaryl/α,β-unsaturated/α-hetero) is 1. The molecule has 0 bridgehead atoms. The van der Waals surface area contributed by atoms with Crippen molar-refractivity contribution in [1.82, 2.24) is 10.2 Å². The van der Waals surface area contributed by atoms with Crippen LogP contribution < -0.4 is 19.5 Å². The number of hydrogen-bond acceptors (Lipinski definition) is 9. The smallest absolute Gasteiger partial charge is 0.329 e. The topological polar surface area (TPSA) is 141 Å². The molecule has 2 N–H and O–H groups in total. The van der Waals surface area contributed by atoms with Crippen LogP contribution in [0.4, 0.5) is 0 Å². The average molecular weight is 739 g/mol. The van der Waals surface area contributed by atoms with E-state index in [1.165, 1.54) is 4.90 Å². The van der Waals surface area contributed by atoms with Crippen LogP contribution in [0.3, 0.4) is 0 Å².